The zero-order valence-corrected chi connectivity index (χ0v) is 14.9. The van der Waals surface area contributed by atoms with Crippen molar-refractivity contribution in [3.05, 3.63) is 0 Å². The Labute approximate surface area is 139 Å². The maximum atomic E-state index is 12.1. The molecular weight excluding hydrogens is 387 g/mol. The number of amides is 3. The zero-order valence-electron chi connectivity index (χ0n) is 12.7. The van der Waals surface area contributed by atoms with Gasteiger partial charge in [-0.05, 0) is 26.3 Å². The fraction of sp³-hybridized carbons (Fsp3) is 0.769. The van der Waals surface area contributed by atoms with E-state index < -0.39 is 18.0 Å². The number of alkyl halides is 1. The van der Waals surface area contributed by atoms with Gasteiger partial charge in [0.15, 0.2) is 0 Å². The van der Waals surface area contributed by atoms with Crippen molar-refractivity contribution in [3.8, 4) is 0 Å². The van der Waals surface area contributed by atoms with Gasteiger partial charge in [-0.3, -0.25) is 14.4 Å². The first-order chi connectivity index (χ1) is 9.90. The SMILES string of the molecule is CCC(NC(=O)C(CC)NC(=O)C(CCI)NC)C(N)=O. The lowest BCUT2D eigenvalue weighted by Gasteiger charge is -2.22. The third kappa shape index (κ3) is 7.07. The lowest BCUT2D eigenvalue weighted by Crippen LogP contribution is -2.55. The van der Waals surface area contributed by atoms with Gasteiger partial charge in [0, 0.05) is 4.43 Å². The minimum atomic E-state index is -0.710. The van der Waals surface area contributed by atoms with Crippen molar-refractivity contribution < 1.29 is 14.4 Å². The molecule has 0 rings (SSSR count). The number of nitrogens with two attached hydrogens (primary N) is 1. The average molecular weight is 412 g/mol. The van der Waals surface area contributed by atoms with Gasteiger partial charge in [-0.1, -0.05) is 36.4 Å². The number of likely N-dealkylation sites (N-methyl/N-ethyl adjacent to an activating group) is 1. The van der Waals surface area contributed by atoms with E-state index in [0.717, 1.165) is 4.43 Å². The molecule has 3 unspecified atom stereocenters. The smallest absolute Gasteiger partial charge is 0.243 e. The third-order valence-electron chi connectivity index (χ3n) is 3.17. The maximum absolute atomic E-state index is 12.1. The summed E-state index contributed by atoms with van der Waals surface area (Å²) in [4.78, 5) is 35.3. The monoisotopic (exact) mass is 412 g/mol. The molecule has 5 N–H and O–H groups in total. The Morgan fingerprint density at radius 2 is 1.48 bits per heavy atom. The Kier molecular flexibility index (Phi) is 10.3. The fourth-order valence-electron chi connectivity index (χ4n) is 1.79. The fourth-order valence-corrected chi connectivity index (χ4v) is 2.41. The molecule has 0 aliphatic carbocycles. The predicted molar refractivity (Wildman–Crippen MR) is 90.0 cm³/mol. The summed E-state index contributed by atoms with van der Waals surface area (Å²) in [5.74, 6) is -1.19. The van der Waals surface area contributed by atoms with Crippen molar-refractivity contribution >= 4 is 40.3 Å². The van der Waals surface area contributed by atoms with Crippen LogP contribution in [0.4, 0.5) is 0 Å². The van der Waals surface area contributed by atoms with E-state index in [9.17, 15) is 14.4 Å². The molecule has 0 heterocycles. The number of carbonyl (C=O) groups is 3. The van der Waals surface area contributed by atoms with Gasteiger partial charge < -0.3 is 21.7 Å². The van der Waals surface area contributed by atoms with Crippen molar-refractivity contribution in [2.45, 2.75) is 51.2 Å². The molecule has 0 radical (unpaired) electrons. The van der Waals surface area contributed by atoms with Gasteiger partial charge in [0.1, 0.15) is 12.1 Å². The third-order valence-corrected chi connectivity index (χ3v) is 3.79. The second kappa shape index (κ2) is 10.8. The van der Waals surface area contributed by atoms with E-state index in [1.807, 2.05) is 0 Å². The Morgan fingerprint density at radius 1 is 1.00 bits per heavy atom. The Hall–Kier alpha value is -0.900. The first-order valence-corrected chi connectivity index (χ1v) is 8.56. The van der Waals surface area contributed by atoms with Gasteiger partial charge in [0.25, 0.3) is 0 Å². The van der Waals surface area contributed by atoms with Crippen LogP contribution in [-0.2, 0) is 14.4 Å². The quantitative estimate of drug-likeness (QED) is 0.291. The zero-order chi connectivity index (χ0) is 16.4. The van der Waals surface area contributed by atoms with Crippen LogP contribution in [0.5, 0.6) is 0 Å². The maximum Gasteiger partial charge on any atom is 0.243 e. The van der Waals surface area contributed by atoms with Crippen LogP contribution in [0, 0.1) is 0 Å². The number of rotatable bonds is 10. The predicted octanol–water partition coefficient (Wildman–Crippen LogP) is -0.326. The number of primary amides is 1. The summed E-state index contributed by atoms with van der Waals surface area (Å²) in [6.07, 6.45) is 1.53. The van der Waals surface area contributed by atoms with Crippen molar-refractivity contribution in [2.24, 2.45) is 5.73 Å². The van der Waals surface area contributed by atoms with E-state index in [0.29, 0.717) is 19.3 Å². The molecule has 3 atom stereocenters. The van der Waals surface area contributed by atoms with Gasteiger partial charge in [0.05, 0.1) is 6.04 Å². The number of halogens is 1. The molecule has 0 aliphatic rings. The highest BCUT2D eigenvalue weighted by Crippen LogP contribution is 2.00. The first kappa shape index (κ1) is 20.1. The van der Waals surface area contributed by atoms with E-state index in [2.05, 4.69) is 38.5 Å². The summed E-state index contributed by atoms with van der Waals surface area (Å²) in [6.45, 7) is 3.55. The van der Waals surface area contributed by atoms with Crippen molar-refractivity contribution in [2.75, 3.05) is 11.5 Å². The molecule has 0 saturated carbocycles. The molecule has 0 aromatic heterocycles. The highest BCUT2D eigenvalue weighted by atomic mass is 127. The molecular formula is C13H25IN4O3. The van der Waals surface area contributed by atoms with Crippen LogP contribution >= 0.6 is 22.6 Å². The highest BCUT2D eigenvalue weighted by molar-refractivity contribution is 14.1. The number of hydrogen-bond donors (Lipinski definition) is 4. The molecule has 0 saturated heterocycles. The highest BCUT2D eigenvalue weighted by Gasteiger charge is 2.25. The van der Waals surface area contributed by atoms with Crippen molar-refractivity contribution in [1.29, 1.82) is 0 Å². The number of carbonyl (C=O) groups excluding carboxylic acids is 3. The largest absolute Gasteiger partial charge is 0.368 e. The average Bonchev–Trinajstić information content (AvgIpc) is 2.46. The minimum Gasteiger partial charge on any atom is -0.368 e. The molecule has 0 aliphatic heterocycles. The molecule has 8 heteroatoms. The van der Waals surface area contributed by atoms with Crippen LogP contribution < -0.4 is 21.7 Å². The van der Waals surface area contributed by atoms with E-state index in [4.69, 9.17) is 5.73 Å². The lowest BCUT2D eigenvalue weighted by atomic mass is 10.1. The van der Waals surface area contributed by atoms with Crippen LogP contribution in [0.25, 0.3) is 0 Å². The lowest BCUT2D eigenvalue weighted by molar-refractivity contribution is -0.132. The summed E-state index contributed by atoms with van der Waals surface area (Å²) in [6, 6.07) is -1.71. The standard InChI is InChI=1S/C13H25IN4O3/c1-4-8(11(15)19)17-12(20)9(5-2)18-13(21)10(16-3)6-7-14/h8-10,16H,4-7H2,1-3H3,(H2,15,19)(H,17,20)(H,18,21). The molecule has 0 fully saturated rings. The summed E-state index contributed by atoms with van der Waals surface area (Å²) in [5, 5.41) is 8.18. The van der Waals surface area contributed by atoms with Crippen LogP contribution in [0.1, 0.15) is 33.1 Å². The van der Waals surface area contributed by atoms with Gasteiger partial charge in [-0.25, -0.2) is 0 Å². The molecule has 0 spiro atoms. The molecule has 21 heavy (non-hydrogen) atoms. The van der Waals surface area contributed by atoms with Crippen LogP contribution in [0.2, 0.25) is 0 Å². The molecule has 3 amide bonds. The summed E-state index contributed by atoms with van der Waals surface area (Å²) < 4.78 is 0.833. The van der Waals surface area contributed by atoms with Gasteiger partial charge >= 0.3 is 0 Å². The molecule has 7 nitrogen and oxygen atoms in total. The number of nitrogens with one attached hydrogen (secondary N) is 3. The normalized spacial score (nSPS) is 14.9. The van der Waals surface area contributed by atoms with Crippen LogP contribution in [0.3, 0.4) is 0 Å². The first-order valence-electron chi connectivity index (χ1n) is 7.04. The molecule has 0 aromatic carbocycles. The summed E-state index contributed by atoms with van der Waals surface area (Å²) in [5.41, 5.74) is 5.20. The van der Waals surface area contributed by atoms with E-state index in [-0.39, 0.29) is 17.9 Å². The van der Waals surface area contributed by atoms with E-state index in [1.165, 1.54) is 0 Å². The minimum absolute atomic E-state index is 0.219. The molecule has 122 valence electrons. The Balaban J connectivity index is 4.65. The van der Waals surface area contributed by atoms with Crippen LogP contribution in [0.15, 0.2) is 0 Å². The summed E-state index contributed by atoms with van der Waals surface area (Å²) in [7, 11) is 1.71. The van der Waals surface area contributed by atoms with Gasteiger partial charge in [-0.2, -0.15) is 0 Å². The van der Waals surface area contributed by atoms with Crippen molar-refractivity contribution in [1.82, 2.24) is 16.0 Å². The van der Waals surface area contributed by atoms with Gasteiger partial charge in [0.2, 0.25) is 17.7 Å². The topological polar surface area (TPSA) is 113 Å². The van der Waals surface area contributed by atoms with Gasteiger partial charge in [-0.15, -0.1) is 0 Å². The van der Waals surface area contributed by atoms with Crippen LogP contribution in [-0.4, -0.2) is 47.3 Å². The second-order valence-corrected chi connectivity index (χ2v) is 5.74. The molecule has 0 aromatic rings. The second-order valence-electron chi connectivity index (χ2n) is 4.66. The molecule has 0 bridgehead atoms. The van der Waals surface area contributed by atoms with Crippen molar-refractivity contribution in [3.63, 3.8) is 0 Å². The van der Waals surface area contributed by atoms with E-state index >= 15 is 0 Å². The van der Waals surface area contributed by atoms with E-state index in [1.54, 1.807) is 20.9 Å². The Morgan fingerprint density at radius 3 is 1.86 bits per heavy atom. The summed E-state index contributed by atoms with van der Waals surface area (Å²) >= 11 is 2.19. The number of hydrogen-bond acceptors (Lipinski definition) is 4. The Bertz CT molecular complexity index is 365.